The number of rotatable bonds is 3. The molecular weight excluding hydrogens is 184 g/mol. The molecular formula is C13H14N2. The molecule has 0 amide bonds. The fraction of sp³-hybridized carbons (Fsp3) is 0.154. The van der Waals surface area contributed by atoms with Crippen molar-refractivity contribution in [1.82, 2.24) is 4.98 Å². The first-order valence-corrected chi connectivity index (χ1v) is 5.11. The lowest BCUT2D eigenvalue weighted by molar-refractivity contribution is 1.01. The summed E-state index contributed by atoms with van der Waals surface area (Å²) in [7, 11) is 0. The van der Waals surface area contributed by atoms with Crippen molar-refractivity contribution in [1.29, 1.82) is 0 Å². The highest BCUT2D eigenvalue weighted by Crippen LogP contribution is 2.18. The maximum atomic E-state index is 5.44. The SMILES string of the molecule is NCC/C=C/c1cccc2ccncc12. The lowest BCUT2D eigenvalue weighted by atomic mass is 10.1. The van der Waals surface area contributed by atoms with Crippen molar-refractivity contribution in [2.75, 3.05) is 6.54 Å². The number of nitrogens with two attached hydrogens (primary N) is 1. The van der Waals surface area contributed by atoms with E-state index in [0.717, 1.165) is 6.42 Å². The second kappa shape index (κ2) is 4.71. The van der Waals surface area contributed by atoms with E-state index in [1.165, 1.54) is 16.3 Å². The molecule has 0 bridgehead atoms. The summed E-state index contributed by atoms with van der Waals surface area (Å²) in [4.78, 5) is 4.14. The van der Waals surface area contributed by atoms with Gasteiger partial charge in [0.15, 0.2) is 0 Å². The molecule has 1 aromatic carbocycles. The molecule has 2 heteroatoms. The Morgan fingerprint density at radius 1 is 1.27 bits per heavy atom. The van der Waals surface area contributed by atoms with Crippen LogP contribution in [0.15, 0.2) is 42.7 Å². The summed E-state index contributed by atoms with van der Waals surface area (Å²) < 4.78 is 0. The Hall–Kier alpha value is -1.67. The van der Waals surface area contributed by atoms with Gasteiger partial charge in [0.25, 0.3) is 0 Å². The average Bonchev–Trinajstić information content (AvgIpc) is 2.30. The summed E-state index contributed by atoms with van der Waals surface area (Å²) in [5, 5.41) is 2.41. The van der Waals surface area contributed by atoms with Crippen LogP contribution in [0.25, 0.3) is 16.8 Å². The molecule has 76 valence electrons. The molecule has 1 heterocycles. The molecule has 0 saturated heterocycles. The van der Waals surface area contributed by atoms with Gasteiger partial charge in [-0.2, -0.15) is 0 Å². The molecule has 0 aliphatic heterocycles. The van der Waals surface area contributed by atoms with Gasteiger partial charge in [-0.25, -0.2) is 0 Å². The third-order valence-corrected chi connectivity index (χ3v) is 2.35. The van der Waals surface area contributed by atoms with E-state index < -0.39 is 0 Å². The molecule has 2 rings (SSSR count). The van der Waals surface area contributed by atoms with Crippen LogP contribution < -0.4 is 5.73 Å². The number of aromatic nitrogens is 1. The quantitative estimate of drug-likeness (QED) is 0.823. The minimum Gasteiger partial charge on any atom is -0.330 e. The zero-order valence-corrected chi connectivity index (χ0v) is 8.56. The van der Waals surface area contributed by atoms with Gasteiger partial charge in [0.1, 0.15) is 0 Å². The fourth-order valence-electron chi connectivity index (χ4n) is 1.59. The molecule has 2 aromatic rings. The van der Waals surface area contributed by atoms with Crippen LogP contribution in [0, 0.1) is 0 Å². The standard InChI is InChI=1S/C13H14N2/c14-8-2-1-4-11-5-3-6-12-7-9-15-10-13(11)12/h1,3-7,9-10H,2,8,14H2/b4-1+. The van der Waals surface area contributed by atoms with Gasteiger partial charge in [-0.15, -0.1) is 0 Å². The highest BCUT2D eigenvalue weighted by Gasteiger charge is 1.95. The lowest BCUT2D eigenvalue weighted by Crippen LogP contribution is -1.94. The topological polar surface area (TPSA) is 38.9 Å². The van der Waals surface area contributed by atoms with E-state index >= 15 is 0 Å². The van der Waals surface area contributed by atoms with Crippen LogP contribution >= 0.6 is 0 Å². The molecule has 0 saturated carbocycles. The van der Waals surface area contributed by atoms with Gasteiger partial charge in [0.05, 0.1) is 0 Å². The molecule has 0 fully saturated rings. The van der Waals surface area contributed by atoms with Gasteiger partial charge in [0, 0.05) is 17.8 Å². The monoisotopic (exact) mass is 198 g/mol. The van der Waals surface area contributed by atoms with Crippen molar-refractivity contribution < 1.29 is 0 Å². The van der Waals surface area contributed by atoms with E-state index in [0.29, 0.717) is 6.54 Å². The minimum absolute atomic E-state index is 0.694. The number of hydrogen-bond donors (Lipinski definition) is 1. The Bertz CT molecular complexity index is 469. The molecule has 2 N–H and O–H groups in total. The zero-order chi connectivity index (χ0) is 10.5. The Kier molecular flexibility index (Phi) is 3.10. The van der Waals surface area contributed by atoms with Gasteiger partial charge >= 0.3 is 0 Å². The summed E-state index contributed by atoms with van der Waals surface area (Å²) in [6, 6.07) is 8.27. The van der Waals surface area contributed by atoms with Crippen molar-refractivity contribution in [2.24, 2.45) is 5.73 Å². The summed E-state index contributed by atoms with van der Waals surface area (Å²) >= 11 is 0. The van der Waals surface area contributed by atoms with Crippen molar-refractivity contribution >= 4 is 16.8 Å². The zero-order valence-electron chi connectivity index (χ0n) is 8.56. The van der Waals surface area contributed by atoms with Crippen molar-refractivity contribution in [3.8, 4) is 0 Å². The maximum Gasteiger partial charge on any atom is 0.0352 e. The average molecular weight is 198 g/mol. The van der Waals surface area contributed by atoms with Gasteiger partial charge in [-0.1, -0.05) is 30.4 Å². The first-order valence-electron chi connectivity index (χ1n) is 5.11. The Morgan fingerprint density at radius 3 is 3.07 bits per heavy atom. The summed E-state index contributed by atoms with van der Waals surface area (Å²) in [6.07, 6.45) is 8.84. The minimum atomic E-state index is 0.694. The molecule has 1 aromatic heterocycles. The molecule has 0 radical (unpaired) electrons. The van der Waals surface area contributed by atoms with Crippen LogP contribution in [0.4, 0.5) is 0 Å². The van der Waals surface area contributed by atoms with E-state index in [4.69, 9.17) is 5.73 Å². The van der Waals surface area contributed by atoms with Crippen LogP contribution in [0.1, 0.15) is 12.0 Å². The fourth-order valence-corrected chi connectivity index (χ4v) is 1.59. The highest BCUT2D eigenvalue weighted by atomic mass is 14.6. The number of benzene rings is 1. The second-order valence-electron chi connectivity index (χ2n) is 3.42. The number of pyridine rings is 1. The van der Waals surface area contributed by atoms with Crippen LogP contribution in [0.2, 0.25) is 0 Å². The van der Waals surface area contributed by atoms with Crippen LogP contribution in [-0.2, 0) is 0 Å². The molecule has 2 nitrogen and oxygen atoms in total. The normalized spacial score (nSPS) is 11.3. The number of fused-ring (bicyclic) bond motifs is 1. The van der Waals surface area contributed by atoms with Gasteiger partial charge in [0.2, 0.25) is 0 Å². The van der Waals surface area contributed by atoms with Crippen LogP contribution in [0.3, 0.4) is 0 Å². The van der Waals surface area contributed by atoms with Crippen molar-refractivity contribution in [3.63, 3.8) is 0 Å². The number of nitrogens with zero attached hydrogens (tertiary/aromatic N) is 1. The number of hydrogen-bond acceptors (Lipinski definition) is 2. The molecule has 0 atom stereocenters. The van der Waals surface area contributed by atoms with Crippen LogP contribution in [-0.4, -0.2) is 11.5 Å². The Labute approximate surface area is 89.4 Å². The molecule has 0 unspecified atom stereocenters. The first-order chi connectivity index (χ1) is 7.42. The Morgan fingerprint density at radius 2 is 2.20 bits per heavy atom. The van der Waals surface area contributed by atoms with Crippen molar-refractivity contribution in [3.05, 3.63) is 48.3 Å². The van der Waals surface area contributed by atoms with E-state index in [2.05, 4.69) is 35.3 Å². The maximum absolute atomic E-state index is 5.44. The third-order valence-electron chi connectivity index (χ3n) is 2.35. The van der Waals surface area contributed by atoms with Gasteiger partial charge in [-0.05, 0) is 30.0 Å². The summed E-state index contributed by atoms with van der Waals surface area (Å²) in [6.45, 7) is 0.694. The molecule has 0 aliphatic carbocycles. The van der Waals surface area contributed by atoms with Crippen LogP contribution in [0.5, 0.6) is 0 Å². The summed E-state index contributed by atoms with van der Waals surface area (Å²) in [5.41, 5.74) is 6.64. The van der Waals surface area contributed by atoms with E-state index in [9.17, 15) is 0 Å². The van der Waals surface area contributed by atoms with Crippen molar-refractivity contribution in [2.45, 2.75) is 6.42 Å². The highest BCUT2D eigenvalue weighted by molar-refractivity contribution is 5.89. The Balaban J connectivity index is 2.42. The smallest absolute Gasteiger partial charge is 0.0352 e. The lowest BCUT2D eigenvalue weighted by Gasteiger charge is -2.00. The summed E-state index contributed by atoms with van der Waals surface area (Å²) in [5.74, 6) is 0. The van der Waals surface area contributed by atoms with E-state index in [1.807, 2.05) is 18.5 Å². The first kappa shape index (κ1) is 9.87. The van der Waals surface area contributed by atoms with E-state index in [1.54, 1.807) is 0 Å². The predicted octanol–water partition coefficient (Wildman–Crippen LogP) is 2.60. The molecule has 15 heavy (non-hydrogen) atoms. The largest absolute Gasteiger partial charge is 0.330 e. The molecule has 0 spiro atoms. The van der Waals surface area contributed by atoms with Gasteiger partial charge in [-0.3, -0.25) is 4.98 Å². The van der Waals surface area contributed by atoms with E-state index in [-0.39, 0.29) is 0 Å². The third kappa shape index (κ3) is 2.22. The molecule has 0 aliphatic rings. The second-order valence-corrected chi connectivity index (χ2v) is 3.42. The predicted molar refractivity (Wildman–Crippen MR) is 64.4 cm³/mol. The van der Waals surface area contributed by atoms with Gasteiger partial charge < -0.3 is 5.73 Å².